The summed E-state index contributed by atoms with van der Waals surface area (Å²) in [5.74, 6) is 0.513. The molecule has 0 aromatic carbocycles. The van der Waals surface area contributed by atoms with Crippen LogP contribution in [0.5, 0.6) is 0 Å². The molecule has 10 heavy (non-hydrogen) atoms. The summed E-state index contributed by atoms with van der Waals surface area (Å²) >= 11 is 0. The molecular formula is C7H14N2O. The molecule has 0 saturated carbocycles. The van der Waals surface area contributed by atoms with E-state index < -0.39 is 0 Å². The Bertz CT molecular complexity index is 119. The van der Waals surface area contributed by atoms with Crippen LogP contribution in [-0.4, -0.2) is 19.0 Å². The van der Waals surface area contributed by atoms with Crippen LogP contribution in [0.2, 0.25) is 0 Å². The first-order chi connectivity index (χ1) is 4.79. The maximum Gasteiger partial charge on any atom is 0.217 e. The predicted octanol–water partition coefficient (Wildman–Crippen LogP) is -0.139. The maximum absolute atomic E-state index is 10.4. The summed E-state index contributed by atoms with van der Waals surface area (Å²) in [6, 6.07) is 0. The van der Waals surface area contributed by atoms with Crippen LogP contribution in [0.1, 0.15) is 19.3 Å². The van der Waals surface area contributed by atoms with E-state index in [1.807, 2.05) is 0 Å². The van der Waals surface area contributed by atoms with Crippen LogP contribution in [-0.2, 0) is 4.79 Å². The molecule has 1 atom stereocenters. The molecule has 3 N–H and O–H groups in total. The average molecular weight is 142 g/mol. The van der Waals surface area contributed by atoms with Gasteiger partial charge in [0.25, 0.3) is 0 Å². The molecule has 0 unspecified atom stereocenters. The van der Waals surface area contributed by atoms with Gasteiger partial charge in [0, 0.05) is 6.42 Å². The minimum atomic E-state index is -0.174. The Morgan fingerprint density at radius 3 is 3.00 bits per heavy atom. The number of amides is 1. The zero-order valence-electron chi connectivity index (χ0n) is 6.10. The summed E-state index contributed by atoms with van der Waals surface area (Å²) in [6.45, 7) is 2.16. The Kier molecular flexibility index (Phi) is 2.68. The van der Waals surface area contributed by atoms with Crippen molar-refractivity contribution in [1.82, 2.24) is 5.32 Å². The quantitative estimate of drug-likeness (QED) is 0.576. The normalized spacial score (nSPS) is 25.0. The first kappa shape index (κ1) is 7.54. The van der Waals surface area contributed by atoms with Crippen molar-refractivity contribution < 1.29 is 4.79 Å². The summed E-state index contributed by atoms with van der Waals surface area (Å²) in [5.41, 5.74) is 5.01. The lowest BCUT2D eigenvalue weighted by Gasteiger charge is -2.03. The highest BCUT2D eigenvalue weighted by atomic mass is 16.1. The lowest BCUT2D eigenvalue weighted by Crippen LogP contribution is -2.14. The monoisotopic (exact) mass is 142 g/mol. The van der Waals surface area contributed by atoms with Gasteiger partial charge in [-0.05, 0) is 31.8 Å². The Hall–Kier alpha value is -0.570. The average Bonchev–Trinajstić information content (AvgIpc) is 2.34. The Balaban J connectivity index is 2.07. The predicted molar refractivity (Wildman–Crippen MR) is 39.4 cm³/mol. The van der Waals surface area contributed by atoms with Gasteiger partial charge in [-0.2, -0.15) is 0 Å². The second-order valence-electron chi connectivity index (χ2n) is 2.86. The number of nitrogens with two attached hydrogens (primary N) is 1. The fourth-order valence-electron chi connectivity index (χ4n) is 1.31. The Labute approximate surface area is 61.0 Å². The highest BCUT2D eigenvalue weighted by molar-refractivity contribution is 5.73. The van der Waals surface area contributed by atoms with Gasteiger partial charge < -0.3 is 11.1 Å². The van der Waals surface area contributed by atoms with Crippen molar-refractivity contribution in [2.75, 3.05) is 13.1 Å². The van der Waals surface area contributed by atoms with Crippen molar-refractivity contribution in [2.45, 2.75) is 19.3 Å². The van der Waals surface area contributed by atoms with Crippen molar-refractivity contribution in [3.8, 4) is 0 Å². The van der Waals surface area contributed by atoms with Gasteiger partial charge in [-0.1, -0.05) is 0 Å². The van der Waals surface area contributed by atoms with Crippen molar-refractivity contribution >= 4 is 5.91 Å². The summed E-state index contributed by atoms with van der Waals surface area (Å²) in [5, 5.41) is 3.24. The molecule has 1 fully saturated rings. The summed E-state index contributed by atoms with van der Waals surface area (Å²) < 4.78 is 0. The maximum atomic E-state index is 10.4. The number of hydrogen-bond donors (Lipinski definition) is 2. The van der Waals surface area contributed by atoms with Crippen LogP contribution >= 0.6 is 0 Å². The third-order valence-electron chi connectivity index (χ3n) is 1.96. The third kappa shape index (κ3) is 2.35. The van der Waals surface area contributed by atoms with Gasteiger partial charge in [-0.3, -0.25) is 4.79 Å². The smallest absolute Gasteiger partial charge is 0.217 e. The first-order valence-electron chi connectivity index (χ1n) is 3.78. The SMILES string of the molecule is NC(=O)CC[C@H]1CCNC1. The standard InChI is InChI=1S/C7H14N2O/c8-7(10)2-1-6-3-4-9-5-6/h6,9H,1-5H2,(H2,8,10)/t6-/m0/s1. The molecule has 0 aliphatic carbocycles. The van der Waals surface area contributed by atoms with E-state index in [9.17, 15) is 4.79 Å². The molecule has 0 aromatic rings. The zero-order valence-corrected chi connectivity index (χ0v) is 6.10. The van der Waals surface area contributed by atoms with E-state index in [0.29, 0.717) is 12.3 Å². The number of carbonyl (C=O) groups excluding carboxylic acids is 1. The fourth-order valence-corrected chi connectivity index (χ4v) is 1.31. The van der Waals surface area contributed by atoms with Crippen LogP contribution in [0.4, 0.5) is 0 Å². The number of primary amides is 1. The van der Waals surface area contributed by atoms with Crippen LogP contribution in [0.25, 0.3) is 0 Å². The molecule has 1 amide bonds. The van der Waals surface area contributed by atoms with Crippen LogP contribution in [0.3, 0.4) is 0 Å². The molecule has 0 bridgehead atoms. The fraction of sp³-hybridized carbons (Fsp3) is 0.857. The Morgan fingerprint density at radius 2 is 2.50 bits per heavy atom. The minimum Gasteiger partial charge on any atom is -0.370 e. The van der Waals surface area contributed by atoms with Gasteiger partial charge in [0.2, 0.25) is 5.91 Å². The molecule has 0 aromatic heterocycles. The van der Waals surface area contributed by atoms with Crippen molar-refractivity contribution in [1.29, 1.82) is 0 Å². The zero-order chi connectivity index (χ0) is 7.40. The van der Waals surface area contributed by atoms with Crippen molar-refractivity contribution in [3.63, 3.8) is 0 Å². The van der Waals surface area contributed by atoms with Gasteiger partial charge in [0.1, 0.15) is 0 Å². The summed E-state index contributed by atoms with van der Waals surface area (Å²) in [7, 11) is 0. The number of rotatable bonds is 3. The highest BCUT2D eigenvalue weighted by Gasteiger charge is 2.14. The molecular weight excluding hydrogens is 128 g/mol. The van der Waals surface area contributed by atoms with Gasteiger partial charge in [-0.15, -0.1) is 0 Å². The molecule has 1 saturated heterocycles. The van der Waals surface area contributed by atoms with E-state index in [2.05, 4.69) is 5.32 Å². The Morgan fingerprint density at radius 1 is 1.70 bits per heavy atom. The topological polar surface area (TPSA) is 55.1 Å². The second-order valence-corrected chi connectivity index (χ2v) is 2.86. The van der Waals surface area contributed by atoms with Gasteiger partial charge in [0.15, 0.2) is 0 Å². The van der Waals surface area contributed by atoms with Crippen LogP contribution in [0, 0.1) is 5.92 Å². The minimum absolute atomic E-state index is 0.174. The molecule has 1 heterocycles. The molecule has 1 aliphatic heterocycles. The van der Waals surface area contributed by atoms with Crippen LogP contribution < -0.4 is 11.1 Å². The number of carbonyl (C=O) groups is 1. The van der Waals surface area contributed by atoms with Gasteiger partial charge >= 0.3 is 0 Å². The first-order valence-corrected chi connectivity index (χ1v) is 3.78. The van der Waals surface area contributed by atoms with E-state index >= 15 is 0 Å². The van der Waals surface area contributed by atoms with E-state index in [1.54, 1.807) is 0 Å². The van der Waals surface area contributed by atoms with Crippen molar-refractivity contribution in [2.24, 2.45) is 11.7 Å². The summed E-state index contributed by atoms with van der Waals surface area (Å²) in [6.07, 6.45) is 2.71. The largest absolute Gasteiger partial charge is 0.370 e. The second kappa shape index (κ2) is 3.56. The third-order valence-corrected chi connectivity index (χ3v) is 1.96. The number of hydrogen-bond acceptors (Lipinski definition) is 2. The van der Waals surface area contributed by atoms with Crippen molar-refractivity contribution in [3.05, 3.63) is 0 Å². The van der Waals surface area contributed by atoms with E-state index in [-0.39, 0.29) is 5.91 Å². The molecule has 3 nitrogen and oxygen atoms in total. The molecule has 1 rings (SSSR count). The van der Waals surface area contributed by atoms with Crippen LogP contribution in [0.15, 0.2) is 0 Å². The van der Waals surface area contributed by atoms with Gasteiger partial charge in [0.05, 0.1) is 0 Å². The van der Waals surface area contributed by atoms with E-state index in [1.165, 1.54) is 6.42 Å². The molecule has 1 aliphatic rings. The lowest BCUT2D eigenvalue weighted by molar-refractivity contribution is -0.118. The van der Waals surface area contributed by atoms with E-state index in [0.717, 1.165) is 19.5 Å². The molecule has 58 valence electrons. The van der Waals surface area contributed by atoms with Gasteiger partial charge in [-0.25, -0.2) is 0 Å². The molecule has 0 radical (unpaired) electrons. The molecule has 3 heteroatoms. The highest BCUT2D eigenvalue weighted by Crippen LogP contribution is 2.13. The summed E-state index contributed by atoms with van der Waals surface area (Å²) in [4.78, 5) is 10.4. The van der Waals surface area contributed by atoms with E-state index in [4.69, 9.17) is 5.73 Å². The number of nitrogens with one attached hydrogen (secondary N) is 1. The molecule has 0 spiro atoms. The lowest BCUT2D eigenvalue weighted by atomic mass is 10.0.